The Balaban J connectivity index is 3.40. The van der Waals surface area contributed by atoms with Gasteiger partial charge in [0.1, 0.15) is 11.8 Å². The van der Waals surface area contributed by atoms with Crippen LogP contribution < -0.4 is 5.73 Å². The van der Waals surface area contributed by atoms with E-state index in [9.17, 15) is 9.90 Å². The molecule has 0 spiro atoms. The molecule has 0 saturated heterocycles. The van der Waals surface area contributed by atoms with Crippen molar-refractivity contribution in [3.63, 3.8) is 0 Å². The first-order chi connectivity index (χ1) is 7.64. The first-order valence-electron chi connectivity index (χ1n) is 5.16. The second-order valence-electron chi connectivity index (χ2n) is 4.96. The summed E-state index contributed by atoms with van der Waals surface area (Å²) in [4.78, 5) is 10.8. The van der Waals surface area contributed by atoms with Crippen LogP contribution in [0, 0.1) is 0 Å². The van der Waals surface area contributed by atoms with E-state index in [1.54, 1.807) is 12.1 Å². The van der Waals surface area contributed by atoms with E-state index in [1.165, 1.54) is 0 Å². The molecule has 4 nitrogen and oxygen atoms in total. The predicted molar refractivity (Wildman–Crippen MR) is 66.4 cm³/mol. The number of benzene rings is 1. The third-order valence-corrected chi connectivity index (χ3v) is 2.85. The van der Waals surface area contributed by atoms with Crippen molar-refractivity contribution in [2.24, 2.45) is 5.73 Å². The average molecular weight is 258 g/mol. The van der Waals surface area contributed by atoms with Crippen molar-refractivity contribution >= 4 is 17.6 Å². The Kier molecular flexibility index (Phi) is 3.69. The monoisotopic (exact) mass is 257 g/mol. The van der Waals surface area contributed by atoms with Gasteiger partial charge in [0, 0.05) is 5.56 Å². The molecule has 1 aromatic rings. The van der Waals surface area contributed by atoms with E-state index in [1.807, 2.05) is 20.8 Å². The van der Waals surface area contributed by atoms with Gasteiger partial charge in [0.05, 0.1) is 5.02 Å². The molecule has 0 saturated carbocycles. The highest BCUT2D eigenvalue weighted by Crippen LogP contribution is 2.36. The van der Waals surface area contributed by atoms with Crippen LogP contribution in [0.15, 0.2) is 12.1 Å². The van der Waals surface area contributed by atoms with Crippen molar-refractivity contribution in [3.05, 3.63) is 28.3 Å². The van der Waals surface area contributed by atoms with Crippen LogP contribution >= 0.6 is 11.6 Å². The van der Waals surface area contributed by atoms with E-state index >= 15 is 0 Å². The summed E-state index contributed by atoms with van der Waals surface area (Å²) in [5.41, 5.74) is 6.26. The fraction of sp³-hybridized carbons (Fsp3) is 0.417. The summed E-state index contributed by atoms with van der Waals surface area (Å²) in [5, 5.41) is 18.7. The maximum absolute atomic E-state index is 10.8. The third-order valence-electron chi connectivity index (χ3n) is 2.56. The van der Waals surface area contributed by atoms with E-state index in [2.05, 4.69) is 0 Å². The summed E-state index contributed by atoms with van der Waals surface area (Å²) in [6.07, 6.45) is 0. The molecule has 4 N–H and O–H groups in total. The number of halogens is 1. The van der Waals surface area contributed by atoms with Crippen LogP contribution in [0.4, 0.5) is 0 Å². The van der Waals surface area contributed by atoms with Crippen LogP contribution in [0.1, 0.15) is 37.9 Å². The number of carboxylic acid groups (broad SMARTS) is 1. The smallest absolute Gasteiger partial charge is 0.325 e. The second-order valence-corrected chi connectivity index (χ2v) is 5.37. The van der Waals surface area contributed by atoms with Gasteiger partial charge in [0.15, 0.2) is 0 Å². The minimum Gasteiger partial charge on any atom is -0.506 e. The maximum atomic E-state index is 10.8. The molecule has 0 amide bonds. The van der Waals surface area contributed by atoms with Gasteiger partial charge in [0.2, 0.25) is 0 Å². The number of rotatable bonds is 2. The molecule has 0 heterocycles. The molecule has 0 radical (unpaired) electrons. The Morgan fingerprint density at radius 3 is 2.35 bits per heavy atom. The molecule has 17 heavy (non-hydrogen) atoms. The largest absolute Gasteiger partial charge is 0.506 e. The minimum absolute atomic E-state index is 0.115. The molecule has 0 bridgehead atoms. The number of nitrogens with two attached hydrogens (primary N) is 1. The van der Waals surface area contributed by atoms with Crippen molar-refractivity contribution in [3.8, 4) is 5.75 Å². The summed E-state index contributed by atoms with van der Waals surface area (Å²) in [7, 11) is 0. The maximum Gasteiger partial charge on any atom is 0.325 e. The average Bonchev–Trinajstić information content (AvgIpc) is 2.19. The van der Waals surface area contributed by atoms with E-state index < -0.39 is 12.0 Å². The van der Waals surface area contributed by atoms with E-state index in [4.69, 9.17) is 22.4 Å². The predicted octanol–water partition coefficient (Wildman–Crippen LogP) is 2.43. The van der Waals surface area contributed by atoms with Crippen LogP contribution in [0.25, 0.3) is 0 Å². The highest BCUT2D eigenvalue weighted by atomic mass is 35.5. The van der Waals surface area contributed by atoms with Crippen molar-refractivity contribution in [2.45, 2.75) is 32.2 Å². The molecule has 0 aliphatic carbocycles. The number of hydrogen-bond donors (Lipinski definition) is 3. The van der Waals surface area contributed by atoms with Crippen molar-refractivity contribution in [1.82, 2.24) is 0 Å². The number of phenols is 1. The molecular weight excluding hydrogens is 242 g/mol. The number of aromatic hydroxyl groups is 1. The quantitative estimate of drug-likeness (QED) is 0.760. The van der Waals surface area contributed by atoms with Crippen molar-refractivity contribution < 1.29 is 15.0 Å². The van der Waals surface area contributed by atoms with E-state index in [-0.39, 0.29) is 21.8 Å². The van der Waals surface area contributed by atoms with Gasteiger partial charge in [-0.15, -0.1) is 0 Å². The number of aliphatic carboxylic acids is 1. The van der Waals surface area contributed by atoms with Crippen molar-refractivity contribution in [2.75, 3.05) is 0 Å². The second kappa shape index (κ2) is 4.55. The Bertz CT molecular complexity index is 452. The van der Waals surface area contributed by atoms with Crippen LogP contribution in [0.3, 0.4) is 0 Å². The van der Waals surface area contributed by atoms with Gasteiger partial charge >= 0.3 is 5.97 Å². The highest BCUT2D eigenvalue weighted by molar-refractivity contribution is 6.32. The Labute approximate surface area is 105 Å². The third kappa shape index (κ3) is 2.90. The molecule has 0 fully saturated rings. The number of phenolic OH excluding ortho intramolecular Hbond substituents is 1. The molecule has 1 atom stereocenters. The molecule has 0 aliphatic heterocycles. The van der Waals surface area contributed by atoms with Gasteiger partial charge < -0.3 is 15.9 Å². The fourth-order valence-corrected chi connectivity index (χ4v) is 1.65. The van der Waals surface area contributed by atoms with Gasteiger partial charge in [-0.05, 0) is 23.1 Å². The van der Waals surface area contributed by atoms with Crippen LogP contribution in [0.5, 0.6) is 5.75 Å². The molecule has 1 unspecified atom stereocenters. The zero-order valence-electron chi connectivity index (χ0n) is 9.99. The Morgan fingerprint density at radius 2 is 1.94 bits per heavy atom. The normalized spacial score (nSPS) is 13.5. The first-order valence-corrected chi connectivity index (χ1v) is 5.53. The summed E-state index contributed by atoms with van der Waals surface area (Å²) >= 11 is 5.88. The van der Waals surface area contributed by atoms with Crippen LogP contribution in [0.2, 0.25) is 5.02 Å². The lowest BCUT2D eigenvalue weighted by molar-refractivity contribution is -0.138. The highest BCUT2D eigenvalue weighted by Gasteiger charge is 2.24. The molecular formula is C12H16ClNO3. The molecule has 94 valence electrons. The fourth-order valence-electron chi connectivity index (χ4n) is 1.42. The topological polar surface area (TPSA) is 83.5 Å². The lowest BCUT2D eigenvalue weighted by Gasteiger charge is -2.22. The molecule has 5 heteroatoms. The minimum atomic E-state index is -1.28. The summed E-state index contributed by atoms with van der Waals surface area (Å²) in [6, 6.07) is 1.92. The SMILES string of the molecule is CC(C)(C)c1cc(Cl)c(O)c(C(N)C(=O)O)c1. The first kappa shape index (κ1) is 13.8. The molecule has 1 rings (SSSR count). The van der Waals surface area contributed by atoms with Gasteiger partial charge in [-0.1, -0.05) is 32.4 Å². The van der Waals surface area contributed by atoms with Crippen LogP contribution in [-0.2, 0) is 10.2 Å². The Morgan fingerprint density at radius 1 is 1.41 bits per heavy atom. The summed E-state index contributed by atoms with van der Waals surface area (Å²) in [5.74, 6) is -1.48. The van der Waals surface area contributed by atoms with Crippen molar-refractivity contribution in [1.29, 1.82) is 0 Å². The zero-order chi connectivity index (χ0) is 13.4. The Hall–Kier alpha value is -1.26. The molecule has 0 aliphatic rings. The van der Waals surface area contributed by atoms with Crippen LogP contribution in [-0.4, -0.2) is 16.2 Å². The van der Waals surface area contributed by atoms with Gasteiger partial charge in [0.25, 0.3) is 0 Å². The zero-order valence-corrected chi connectivity index (χ0v) is 10.7. The molecule has 0 aromatic heterocycles. The lowest BCUT2D eigenvalue weighted by Crippen LogP contribution is -2.22. The number of carbonyl (C=O) groups is 1. The molecule has 1 aromatic carbocycles. The summed E-state index contributed by atoms with van der Waals surface area (Å²) < 4.78 is 0. The number of hydrogen-bond acceptors (Lipinski definition) is 3. The van der Waals surface area contributed by atoms with E-state index in [0.29, 0.717) is 0 Å². The summed E-state index contributed by atoms with van der Waals surface area (Å²) in [6.45, 7) is 5.89. The standard InChI is InChI=1S/C12H16ClNO3/c1-12(2,3)6-4-7(9(14)11(16)17)10(15)8(13)5-6/h4-5,9,15H,14H2,1-3H3,(H,16,17). The van der Waals surface area contributed by atoms with Gasteiger partial charge in [-0.3, -0.25) is 4.79 Å². The van der Waals surface area contributed by atoms with Gasteiger partial charge in [-0.25, -0.2) is 0 Å². The van der Waals surface area contributed by atoms with E-state index in [0.717, 1.165) is 5.56 Å². The lowest BCUT2D eigenvalue weighted by atomic mass is 9.85. The van der Waals surface area contributed by atoms with Gasteiger partial charge in [-0.2, -0.15) is 0 Å². The number of carboxylic acids is 1.